The van der Waals surface area contributed by atoms with Crippen molar-refractivity contribution in [3.63, 3.8) is 0 Å². The number of nitrogens with one attached hydrogen (secondary N) is 1. The fraction of sp³-hybridized carbons (Fsp3) is 0.333. The van der Waals surface area contributed by atoms with Crippen LogP contribution < -0.4 is 5.32 Å². The molecule has 2 aromatic heterocycles. The summed E-state index contributed by atoms with van der Waals surface area (Å²) in [4.78, 5) is 15.9. The first-order chi connectivity index (χ1) is 8.22. The lowest BCUT2D eigenvalue weighted by atomic mass is 10.4. The molecule has 2 heterocycles. The van der Waals surface area contributed by atoms with Crippen LogP contribution in [0.1, 0.15) is 18.5 Å². The van der Waals surface area contributed by atoms with Gasteiger partial charge in [0, 0.05) is 23.3 Å². The van der Waals surface area contributed by atoms with Gasteiger partial charge in [0.1, 0.15) is 5.65 Å². The van der Waals surface area contributed by atoms with E-state index in [1.54, 1.807) is 6.07 Å². The standard InChI is InChI=1S/C12H12ClN3O/c13-9-3-4-16-7-10(15-11(16)5-9)6-14-12(17)8-1-2-8/h3-5,7-8H,1-2,6H2,(H,14,17). The van der Waals surface area contributed by atoms with E-state index in [1.165, 1.54) is 0 Å². The van der Waals surface area contributed by atoms with Gasteiger partial charge in [-0.05, 0) is 25.0 Å². The van der Waals surface area contributed by atoms with Gasteiger partial charge >= 0.3 is 0 Å². The number of pyridine rings is 1. The average Bonchev–Trinajstić information content (AvgIpc) is 3.07. The number of fused-ring (bicyclic) bond motifs is 1. The quantitative estimate of drug-likeness (QED) is 0.905. The lowest BCUT2D eigenvalue weighted by Gasteiger charge is -1.99. The Morgan fingerprint density at radius 2 is 2.41 bits per heavy atom. The van der Waals surface area contributed by atoms with Gasteiger partial charge in [-0.2, -0.15) is 0 Å². The summed E-state index contributed by atoms with van der Waals surface area (Å²) in [7, 11) is 0. The molecule has 1 saturated carbocycles. The Kier molecular flexibility index (Phi) is 2.52. The molecule has 4 nitrogen and oxygen atoms in total. The number of halogens is 1. The van der Waals surface area contributed by atoms with Gasteiger partial charge in [-0.25, -0.2) is 4.98 Å². The van der Waals surface area contributed by atoms with Crippen molar-refractivity contribution in [3.05, 3.63) is 35.2 Å². The first-order valence-electron chi connectivity index (χ1n) is 5.63. The molecule has 1 amide bonds. The molecule has 0 unspecified atom stereocenters. The van der Waals surface area contributed by atoms with Crippen LogP contribution in [0.15, 0.2) is 24.5 Å². The maximum Gasteiger partial charge on any atom is 0.223 e. The van der Waals surface area contributed by atoms with E-state index in [0.717, 1.165) is 24.2 Å². The van der Waals surface area contributed by atoms with Gasteiger partial charge in [-0.15, -0.1) is 0 Å². The molecule has 1 aliphatic rings. The number of imidazole rings is 1. The second-order valence-corrected chi connectivity index (χ2v) is 4.77. The molecule has 1 aliphatic carbocycles. The summed E-state index contributed by atoms with van der Waals surface area (Å²) in [5, 5.41) is 3.55. The molecule has 5 heteroatoms. The van der Waals surface area contributed by atoms with Gasteiger partial charge in [0.15, 0.2) is 0 Å². The third kappa shape index (κ3) is 2.26. The Morgan fingerprint density at radius 1 is 1.59 bits per heavy atom. The van der Waals surface area contributed by atoms with E-state index >= 15 is 0 Å². The Bertz CT molecular complexity index is 574. The summed E-state index contributed by atoms with van der Waals surface area (Å²) >= 11 is 5.88. The molecule has 0 aliphatic heterocycles. The Labute approximate surface area is 104 Å². The predicted octanol–water partition coefficient (Wildman–Crippen LogP) is 2.01. The van der Waals surface area contributed by atoms with E-state index in [1.807, 2.05) is 22.9 Å². The number of hydrogen-bond donors (Lipinski definition) is 1. The van der Waals surface area contributed by atoms with Gasteiger partial charge < -0.3 is 9.72 Å². The molecule has 0 atom stereocenters. The maximum atomic E-state index is 11.5. The average molecular weight is 250 g/mol. The second kappa shape index (κ2) is 4.04. The zero-order valence-electron chi connectivity index (χ0n) is 9.19. The van der Waals surface area contributed by atoms with E-state index in [2.05, 4.69) is 10.3 Å². The van der Waals surface area contributed by atoms with E-state index in [0.29, 0.717) is 11.6 Å². The molecular formula is C12H12ClN3O. The first-order valence-corrected chi connectivity index (χ1v) is 6.01. The van der Waals surface area contributed by atoms with Crippen LogP contribution in [0.4, 0.5) is 0 Å². The van der Waals surface area contributed by atoms with Crippen LogP contribution >= 0.6 is 11.6 Å². The van der Waals surface area contributed by atoms with Crippen molar-refractivity contribution in [1.29, 1.82) is 0 Å². The van der Waals surface area contributed by atoms with Crippen molar-refractivity contribution in [1.82, 2.24) is 14.7 Å². The lowest BCUT2D eigenvalue weighted by Crippen LogP contribution is -2.24. The third-order valence-corrected chi connectivity index (χ3v) is 3.10. The molecule has 1 N–H and O–H groups in total. The molecule has 0 bridgehead atoms. The van der Waals surface area contributed by atoms with Gasteiger partial charge in [-0.1, -0.05) is 11.6 Å². The highest BCUT2D eigenvalue weighted by molar-refractivity contribution is 6.30. The van der Waals surface area contributed by atoms with Crippen LogP contribution in [0.2, 0.25) is 5.02 Å². The minimum absolute atomic E-state index is 0.139. The summed E-state index contributed by atoms with van der Waals surface area (Å²) in [6, 6.07) is 3.61. The monoisotopic (exact) mass is 249 g/mol. The zero-order valence-corrected chi connectivity index (χ0v) is 9.94. The summed E-state index contributed by atoms with van der Waals surface area (Å²) < 4.78 is 1.89. The van der Waals surface area contributed by atoms with Crippen LogP contribution in [-0.4, -0.2) is 15.3 Å². The van der Waals surface area contributed by atoms with Gasteiger partial charge in [0.05, 0.1) is 12.2 Å². The number of carbonyl (C=O) groups excluding carboxylic acids is 1. The minimum atomic E-state index is 0.139. The predicted molar refractivity (Wildman–Crippen MR) is 64.8 cm³/mol. The zero-order chi connectivity index (χ0) is 11.8. The van der Waals surface area contributed by atoms with Crippen molar-refractivity contribution in [2.24, 2.45) is 5.92 Å². The second-order valence-electron chi connectivity index (χ2n) is 4.33. The summed E-state index contributed by atoms with van der Waals surface area (Å²) in [6.45, 7) is 0.481. The normalized spacial score (nSPS) is 15.1. The Balaban J connectivity index is 1.74. The topological polar surface area (TPSA) is 46.4 Å². The van der Waals surface area contributed by atoms with Crippen molar-refractivity contribution in [2.75, 3.05) is 0 Å². The number of carbonyl (C=O) groups is 1. The molecule has 2 aromatic rings. The van der Waals surface area contributed by atoms with Crippen LogP contribution in [-0.2, 0) is 11.3 Å². The van der Waals surface area contributed by atoms with Crippen LogP contribution in [0.5, 0.6) is 0 Å². The largest absolute Gasteiger partial charge is 0.350 e. The summed E-state index contributed by atoms with van der Waals surface area (Å²) in [5.41, 5.74) is 1.65. The van der Waals surface area contributed by atoms with E-state index in [9.17, 15) is 4.79 Å². The van der Waals surface area contributed by atoms with Crippen molar-refractivity contribution in [2.45, 2.75) is 19.4 Å². The number of rotatable bonds is 3. The molecule has 17 heavy (non-hydrogen) atoms. The number of hydrogen-bond acceptors (Lipinski definition) is 2. The summed E-state index contributed by atoms with van der Waals surface area (Å²) in [6.07, 6.45) is 5.80. The molecule has 0 radical (unpaired) electrons. The highest BCUT2D eigenvalue weighted by Crippen LogP contribution is 2.28. The van der Waals surface area contributed by atoms with E-state index < -0.39 is 0 Å². The Hall–Kier alpha value is -1.55. The molecule has 88 valence electrons. The smallest absolute Gasteiger partial charge is 0.223 e. The maximum absolute atomic E-state index is 11.5. The van der Waals surface area contributed by atoms with Crippen molar-refractivity contribution in [3.8, 4) is 0 Å². The molecule has 0 saturated heterocycles. The van der Waals surface area contributed by atoms with E-state index in [4.69, 9.17) is 11.6 Å². The lowest BCUT2D eigenvalue weighted by molar-refractivity contribution is -0.122. The minimum Gasteiger partial charge on any atom is -0.350 e. The van der Waals surface area contributed by atoms with Crippen LogP contribution in [0, 0.1) is 5.92 Å². The number of amides is 1. The highest BCUT2D eigenvalue weighted by Gasteiger charge is 2.29. The van der Waals surface area contributed by atoms with E-state index in [-0.39, 0.29) is 11.8 Å². The van der Waals surface area contributed by atoms with Gasteiger partial charge in [-0.3, -0.25) is 4.79 Å². The number of nitrogens with zero attached hydrogens (tertiary/aromatic N) is 2. The Morgan fingerprint density at radius 3 is 3.18 bits per heavy atom. The summed E-state index contributed by atoms with van der Waals surface area (Å²) in [5.74, 6) is 0.376. The number of aromatic nitrogens is 2. The van der Waals surface area contributed by atoms with Crippen LogP contribution in [0.3, 0.4) is 0 Å². The fourth-order valence-corrected chi connectivity index (χ4v) is 1.92. The highest BCUT2D eigenvalue weighted by atomic mass is 35.5. The van der Waals surface area contributed by atoms with Crippen molar-refractivity contribution >= 4 is 23.2 Å². The van der Waals surface area contributed by atoms with Crippen molar-refractivity contribution < 1.29 is 4.79 Å². The molecule has 3 rings (SSSR count). The molecule has 0 aromatic carbocycles. The SMILES string of the molecule is O=C(NCc1cn2ccc(Cl)cc2n1)C1CC1. The fourth-order valence-electron chi connectivity index (χ4n) is 1.76. The molecule has 0 spiro atoms. The first kappa shape index (κ1) is 10.6. The molecular weight excluding hydrogens is 238 g/mol. The van der Waals surface area contributed by atoms with Gasteiger partial charge in [0.2, 0.25) is 5.91 Å². The van der Waals surface area contributed by atoms with Crippen LogP contribution in [0.25, 0.3) is 5.65 Å². The van der Waals surface area contributed by atoms with Gasteiger partial charge in [0.25, 0.3) is 0 Å². The third-order valence-electron chi connectivity index (χ3n) is 2.86. The molecule has 1 fully saturated rings.